The Morgan fingerprint density at radius 2 is 1.72 bits per heavy atom. The molecule has 0 bridgehead atoms. The van der Waals surface area contributed by atoms with Gasteiger partial charge >= 0.3 is 0 Å². The van der Waals surface area contributed by atoms with E-state index in [9.17, 15) is 9.59 Å². The van der Waals surface area contributed by atoms with Gasteiger partial charge in [0.2, 0.25) is 17.8 Å². The first-order valence-corrected chi connectivity index (χ1v) is 12.8. The van der Waals surface area contributed by atoms with E-state index in [-0.39, 0.29) is 18.4 Å². The van der Waals surface area contributed by atoms with Gasteiger partial charge in [-0.1, -0.05) is 18.2 Å². The van der Waals surface area contributed by atoms with Crippen molar-refractivity contribution in [3.8, 4) is 0 Å². The number of para-hydroxylation sites is 1. The number of amides is 2. The van der Waals surface area contributed by atoms with E-state index in [1.165, 1.54) is 0 Å². The molecule has 1 atom stereocenters. The SMILES string of the molecule is Cc1cc2cc(NC(=N[C@H]3CCCCN(CC(=O)N4CCCC4)C3=O)Nc3ccccc3)ccc2o1. The minimum Gasteiger partial charge on any atom is -0.461 e. The molecule has 8 nitrogen and oxygen atoms in total. The van der Waals surface area contributed by atoms with Gasteiger partial charge in [-0.15, -0.1) is 0 Å². The van der Waals surface area contributed by atoms with Gasteiger partial charge in [-0.05, 0) is 75.4 Å². The van der Waals surface area contributed by atoms with Crippen LogP contribution in [-0.4, -0.2) is 59.8 Å². The largest absolute Gasteiger partial charge is 0.461 e. The van der Waals surface area contributed by atoms with Crippen LogP contribution in [0.2, 0.25) is 0 Å². The number of aliphatic imine (C=N–C) groups is 1. The Balaban J connectivity index is 1.38. The molecular formula is C28H33N5O3. The van der Waals surface area contributed by atoms with Crippen LogP contribution in [0.15, 0.2) is 64.0 Å². The molecule has 5 rings (SSSR count). The van der Waals surface area contributed by atoms with Gasteiger partial charge in [0.25, 0.3) is 0 Å². The molecule has 2 aromatic carbocycles. The number of furan rings is 1. The highest BCUT2D eigenvalue weighted by Crippen LogP contribution is 2.23. The molecule has 188 valence electrons. The smallest absolute Gasteiger partial charge is 0.247 e. The van der Waals surface area contributed by atoms with Gasteiger partial charge in [-0.2, -0.15) is 0 Å². The van der Waals surface area contributed by atoms with Gasteiger partial charge < -0.3 is 24.9 Å². The number of hydrogen-bond donors (Lipinski definition) is 2. The predicted molar refractivity (Wildman–Crippen MR) is 142 cm³/mol. The first-order valence-electron chi connectivity index (χ1n) is 12.8. The van der Waals surface area contributed by atoms with Crippen molar-refractivity contribution in [3.05, 3.63) is 60.4 Å². The fourth-order valence-corrected chi connectivity index (χ4v) is 4.89. The van der Waals surface area contributed by atoms with Crippen LogP contribution in [0.4, 0.5) is 11.4 Å². The van der Waals surface area contributed by atoms with E-state index in [2.05, 4.69) is 10.6 Å². The summed E-state index contributed by atoms with van der Waals surface area (Å²) >= 11 is 0. The molecular weight excluding hydrogens is 454 g/mol. The van der Waals surface area contributed by atoms with E-state index in [0.29, 0.717) is 18.9 Å². The number of anilines is 2. The normalized spacial score (nSPS) is 19.0. The van der Waals surface area contributed by atoms with Crippen LogP contribution in [0.1, 0.15) is 37.9 Å². The Hall–Kier alpha value is -3.81. The van der Waals surface area contributed by atoms with Crippen LogP contribution in [-0.2, 0) is 9.59 Å². The lowest BCUT2D eigenvalue weighted by molar-refractivity contribution is -0.140. The topological polar surface area (TPSA) is 90.2 Å². The summed E-state index contributed by atoms with van der Waals surface area (Å²) in [5.41, 5.74) is 2.53. The first kappa shape index (κ1) is 23.9. The highest BCUT2D eigenvalue weighted by Gasteiger charge is 2.30. The maximum Gasteiger partial charge on any atom is 0.247 e. The lowest BCUT2D eigenvalue weighted by Crippen LogP contribution is -2.45. The summed E-state index contributed by atoms with van der Waals surface area (Å²) in [6.45, 7) is 4.23. The number of likely N-dealkylation sites (tertiary alicyclic amines) is 2. The summed E-state index contributed by atoms with van der Waals surface area (Å²) in [6.07, 6.45) is 4.48. The average molecular weight is 488 g/mol. The average Bonchev–Trinajstić information content (AvgIpc) is 3.50. The Kier molecular flexibility index (Phi) is 7.21. The van der Waals surface area contributed by atoms with Crippen LogP contribution < -0.4 is 10.6 Å². The molecule has 0 saturated carbocycles. The zero-order valence-corrected chi connectivity index (χ0v) is 20.7. The Labute approximate surface area is 211 Å². The Morgan fingerprint density at radius 3 is 2.53 bits per heavy atom. The summed E-state index contributed by atoms with van der Waals surface area (Å²) in [5.74, 6) is 1.29. The summed E-state index contributed by atoms with van der Waals surface area (Å²) in [6, 6.07) is 17.1. The maximum atomic E-state index is 13.5. The van der Waals surface area contributed by atoms with Gasteiger partial charge in [-0.3, -0.25) is 9.59 Å². The number of guanidine groups is 1. The van der Waals surface area contributed by atoms with Crippen LogP contribution in [0.25, 0.3) is 11.0 Å². The standard InChI is InChI=1S/C28H33N5O3/c1-20-17-21-18-23(12-13-25(21)36-20)30-28(29-22-9-3-2-4-10-22)31-24-11-5-6-16-33(27(24)35)19-26(34)32-14-7-8-15-32/h2-4,9-10,12-13,17-18,24H,5-8,11,14-16,19H2,1H3,(H2,29,30,31)/t24-/m0/s1. The third-order valence-corrected chi connectivity index (χ3v) is 6.76. The van der Waals surface area contributed by atoms with Crippen LogP contribution >= 0.6 is 0 Å². The van der Waals surface area contributed by atoms with E-state index in [1.807, 2.05) is 66.4 Å². The van der Waals surface area contributed by atoms with Crippen LogP contribution in [0.3, 0.4) is 0 Å². The van der Waals surface area contributed by atoms with Gasteiger partial charge in [0.05, 0.1) is 6.54 Å². The second-order valence-corrected chi connectivity index (χ2v) is 9.56. The van der Waals surface area contributed by atoms with E-state index in [1.54, 1.807) is 4.90 Å². The number of fused-ring (bicyclic) bond motifs is 1. The number of hydrogen-bond acceptors (Lipinski definition) is 4. The van der Waals surface area contributed by atoms with E-state index >= 15 is 0 Å². The molecule has 2 aliphatic rings. The van der Waals surface area contributed by atoms with E-state index in [0.717, 1.165) is 66.9 Å². The highest BCUT2D eigenvalue weighted by molar-refractivity contribution is 6.05. The lowest BCUT2D eigenvalue weighted by Gasteiger charge is -2.25. The third kappa shape index (κ3) is 5.70. The number of nitrogens with one attached hydrogen (secondary N) is 2. The number of carbonyl (C=O) groups is 2. The molecule has 2 N–H and O–H groups in total. The monoisotopic (exact) mass is 487 g/mol. The fourth-order valence-electron chi connectivity index (χ4n) is 4.89. The zero-order chi connectivity index (χ0) is 24.9. The van der Waals surface area contributed by atoms with Crippen LogP contribution in [0, 0.1) is 6.92 Å². The molecule has 0 aliphatic carbocycles. The van der Waals surface area contributed by atoms with Crippen molar-refractivity contribution in [2.45, 2.75) is 45.1 Å². The lowest BCUT2D eigenvalue weighted by atomic mass is 10.1. The minimum atomic E-state index is -0.558. The van der Waals surface area contributed by atoms with Crippen molar-refractivity contribution in [3.63, 3.8) is 0 Å². The third-order valence-electron chi connectivity index (χ3n) is 6.76. The van der Waals surface area contributed by atoms with Crippen molar-refractivity contribution in [1.82, 2.24) is 9.80 Å². The van der Waals surface area contributed by atoms with Crippen LogP contribution in [0.5, 0.6) is 0 Å². The van der Waals surface area contributed by atoms with Crippen molar-refractivity contribution in [1.29, 1.82) is 0 Å². The number of carbonyl (C=O) groups excluding carboxylic acids is 2. The molecule has 36 heavy (non-hydrogen) atoms. The van der Waals surface area contributed by atoms with Gasteiger partial charge in [0, 0.05) is 36.4 Å². The molecule has 0 unspecified atom stereocenters. The molecule has 3 aromatic rings. The number of nitrogens with zero attached hydrogens (tertiary/aromatic N) is 3. The first-order chi connectivity index (χ1) is 17.5. The molecule has 1 aromatic heterocycles. The van der Waals surface area contributed by atoms with Crippen molar-refractivity contribution >= 4 is 40.1 Å². The minimum absolute atomic E-state index is 0.0370. The maximum absolute atomic E-state index is 13.5. The van der Waals surface area contributed by atoms with Gasteiger partial charge in [-0.25, -0.2) is 4.99 Å². The zero-order valence-electron chi connectivity index (χ0n) is 20.7. The number of benzene rings is 2. The Morgan fingerprint density at radius 1 is 0.972 bits per heavy atom. The molecule has 3 heterocycles. The number of rotatable bonds is 5. The summed E-state index contributed by atoms with van der Waals surface area (Å²) < 4.78 is 5.70. The highest BCUT2D eigenvalue weighted by atomic mass is 16.3. The number of aryl methyl sites for hydroxylation is 1. The summed E-state index contributed by atoms with van der Waals surface area (Å²) in [5, 5.41) is 7.70. The second-order valence-electron chi connectivity index (χ2n) is 9.56. The fraction of sp³-hybridized carbons (Fsp3) is 0.393. The molecule has 2 saturated heterocycles. The van der Waals surface area contributed by atoms with E-state index < -0.39 is 6.04 Å². The quantitative estimate of drug-likeness (QED) is 0.405. The summed E-state index contributed by atoms with van der Waals surface area (Å²) in [7, 11) is 0. The summed E-state index contributed by atoms with van der Waals surface area (Å²) in [4.78, 5) is 34.7. The van der Waals surface area contributed by atoms with Gasteiger partial charge in [0.1, 0.15) is 17.4 Å². The van der Waals surface area contributed by atoms with Gasteiger partial charge in [0.15, 0.2) is 0 Å². The van der Waals surface area contributed by atoms with Crippen molar-refractivity contribution in [2.75, 3.05) is 36.8 Å². The second kappa shape index (κ2) is 10.8. The van der Waals surface area contributed by atoms with Crippen molar-refractivity contribution in [2.24, 2.45) is 4.99 Å². The van der Waals surface area contributed by atoms with E-state index in [4.69, 9.17) is 9.41 Å². The van der Waals surface area contributed by atoms with Crippen molar-refractivity contribution < 1.29 is 14.0 Å². The molecule has 8 heteroatoms. The Bertz CT molecular complexity index is 1250. The molecule has 2 fully saturated rings. The molecule has 2 amide bonds. The molecule has 2 aliphatic heterocycles. The predicted octanol–water partition coefficient (Wildman–Crippen LogP) is 4.62. The molecule has 0 spiro atoms. The molecule has 0 radical (unpaired) electrons.